The maximum absolute atomic E-state index is 12.3. The summed E-state index contributed by atoms with van der Waals surface area (Å²) in [5.41, 5.74) is 0.182. The Bertz CT molecular complexity index is 606. The summed E-state index contributed by atoms with van der Waals surface area (Å²) in [5, 5.41) is 13.4. The molecule has 1 aromatic rings. The number of nitro groups is 1. The molecule has 0 aromatic carbocycles. The fraction of sp³-hybridized carbons (Fsp3) is 0.500. The monoisotopic (exact) mass is 318 g/mol. The van der Waals surface area contributed by atoms with E-state index >= 15 is 0 Å². The van der Waals surface area contributed by atoms with Crippen LogP contribution in [0.4, 0.5) is 24.7 Å². The number of likely N-dealkylation sites (tertiary alicyclic amines) is 1. The quantitative estimate of drug-likeness (QED) is 0.676. The van der Waals surface area contributed by atoms with Crippen LogP contribution in [0.25, 0.3) is 0 Å². The number of anilines is 1. The Hall–Kier alpha value is -2.39. The molecule has 0 aliphatic carbocycles. The van der Waals surface area contributed by atoms with Crippen molar-refractivity contribution in [2.75, 3.05) is 18.4 Å². The number of aryl methyl sites for hydroxylation is 1. The van der Waals surface area contributed by atoms with Crippen LogP contribution in [-0.4, -0.2) is 46.0 Å². The first-order valence-electron chi connectivity index (χ1n) is 6.40. The van der Waals surface area contributed by atoms with Crippen LogP contribution in [0.1, 0.15) is 12.0 Å². The zero-order valence-corrected chi connectivity index (χ0v) is 11.6. The third-order valence-electron chi connectivity index (χ3n) is 3.27. The van der Waals surface area contributed by atoms with Crippen molar-refractivity contribution in [3.05, 3.63) is 27.9 Å². The van der Waals surface area contributed by atoms with E-state index < -0.39 is 29.6 Å². The van der Waals surface area contributed by atoms with Crippen molar-refractivity contribution in [2.45, 2.75) is 25.6 Å². The van der Waals surface area contributed by atoms with E-state index in [9.17, 15) is 28.1 Å². The number of amides is 1. The number of rotatable bonds is 4. The molecular weight excluding hydrogens is 305 g/mol. The van der Waals surface area contributed by atoms with Crippen molar-refractivity contribution in [2.24, 2.45) is 0 Å². The van der Waals surface area contributed by atoms with E-state index in [1.807, 2.05) is 0 Å². The minimum Gasteiger partial charge on any atom is -0.358 e. The van der Waals surface area contributed by atoms with Gasteiger partial charge in [0.25, 0.3) is 5.69 Å². The first-order valence-corrected chi connectivity index (χ1v) is 6.40. The molecule has 1 N–H and O–H groups in total. The van der Waals surface area contributed by atoms with E-state index in [2.05, 4.69) is 10.3 Å². The Labute approximate surface area is 123 Å². The van der Waals surface area contributed by atoms with Gasteiger partial charge in [-0.15, -0.1) is 0 Å². The molecule has 1 saturated heterocycles. The molecular formula is C12H13F3N4O3. The molecule has 22 heavy (non-hydrogen) atoms. The first-order chi connectivity index (χ1) is 10.2. The van der Waals surface area contributed by atoms with Crippen molar-refractivity contribution in [3.63, 3.8) is 0 Å². The van der Waals surface area contributed by atoms with Gasteiger partial charge in [-0.05, 0) is 19.4 Å². The summed E-state index contributed by atoms with van der Waals surface area (Å²) in [6, 6.07) is 0.577. The molecule has 120 valence electrons. The average molecular weight is 318 g/mol. The lowest BCUT2D eigenvalue weighted by Crippen LogP contribution is -2.39. The maximum atomic E-state index is 12.3. The molecule has 0 spiro atoms. The molecule has 2 heterocycles. The van der Waals surface area contributed by atoms with Crippen molar-refractivity contribution in [1.82, 2.24) is 9.88 Å². The highest BCUT2D eigenvalue weighted by Gasteiger charge is 2.39. The number of nitrogens with zero attached hydrogens (tertiary/aromatic N) is 3. The van der Waals surface area contributed by atoms with Gasteiger partial charge in [-0.3, -0.25) is 14.9 Å². The number of alkyl halides is 3. The van der Waals surface area contributed by atoms with E-state index in [4.69, 9.17) is 0 Å². The second kappa shape index (κ2) is 5.78. The molecule has 1 unspecified atom stereocenters. The molecule has 1 amide bonds. The third kappa shape index (κ3) is 3.62. The Morgan fingerprint density at radius 2 is 2.23 bits per heavy atom. The van der Waals surface area contributed by atoms with Gasteiger partial charge in [0.15, 0.2) is 0 Å². The number of aromatic nitrogens is 1. The van der Waals surface area contributed by atoms with E-state index in [0.717, 1.165) is 11.1 Å². The fourth-order valence-electron chi connectivity index (χ4n) is 2.24. The Kier molecular flexibility index (Phi) is 4.20. The minimum absolute atomic E-state index is 0.00196. The van der Waals surface area contributed by atoms with Gasteiger partial charge >= 0.3 is 6.18 Å². The minimum atomic E-state index is -4.44. The highest BCUT2D eigenvalue weighted by molar-refractivity contribution is 5.86. The summed E-state index contributed by atoms with van der Waals surface area (Å²) in [6.07, 6.45) is -3.18. The van der Waals surface area contributed by atoms with Crippen molar-refractivity contribution >= 4 is 17.4 Å². The Morgan fingerprint density at radius 3 is 2.77 bits per heavy atom. The normalized spacial score (nSPS) is 18.6. The predicted octanol–water partition coefficient (Wildman–Crippen LogP) is 1.87. The van der Waals surface area contributed by atoms with Crippen LogP contribution in [0.3, 0.4) is 0 Å². The lowest BCUT2D eigenvalue weighted by Gasteiger charge is -2.18. The molecule has 0 radical (unpaired) electrons. The van der Waals surface area contributed by atoms with Gasteiger partial charge in [-0.1, -0.05) is 0 Å². The molecule has 1 atom stereocenters. The van der Waals surface area contributed by atoms with Gasteiger partial charge < -0.3 is 10.2 Å². The molecule has 1 fully saturated rings. The van der Waals surface area contributed by atoms with Crippen LogP contribution in [0.5, 0.6) is 0 Å². The smallest absolute Gasteiger partial charge is 0.358 e. The summed E-state index contributed by atoms with van der Waals surface area (Å²) in [6.45, 7) is 0.232. The molecule has 1 aromatic heterocycles. The SMILES string of the molecule is Cc1cc(NC2CCN(CC(F)(F)F)C2=O)ncc1[N+](=O)[O-]. The molecule has 0 saturated carbocycles. The molecule has 0 bridgehead atoms. The van der Waals surface area contributed by atoms with Crippen LogP contribution in [0.2, 0.25) is 0 Å². The topological polar surface area (TPSA) is 88.4 Å². The summed E-state index contributed by atoms with van der Waals surface area (Å²) < 4.78 is 37.0. The molecule has 7 nitrogen and oxygen atoms in total. The highest BCUT2D eigenvalue weighted by atomic mass is 19.4. The zero-order valence-electron chi connectivity index (χ0n) is 11.6. The number of nitrogens with one attached hydrogen (secondary N) is 1. The standard InChI is InChI=1S/C12H13F3N4O3/c1-7-4-10(16-5-9(7)19(21)22)17-8-2-3-18(11(8)20)6-12(13,14)15/h4-5,8H,2-3,6H2,1H3,(H,16,17). The van der Waals surface area contributed by atoms with Gasteiger partial charge in [-0.2, -0.15) is 13.2 Å². The number of hydrogen-bond donors (Lipinski definition) is 1. The zero-order chi connectivity index (χ0) is 16.5. The molecule has 10 heteroatoms. The summed E-state index contributed by atoms with van der Waals surface area (Å²) in [7, 11) is 0. The summed E-state index contributed by atoms with van der Waals surface area (Å²) >= 11 is 0. The van der Waals surface area contributed by atoms with Crippen molar-refractivity contribution in [1.29, 1.82) is 0 Å². The van der Waals surface area contributed by atoms with Gasteiger partial charge in [0, 0.05) is 12.1 Å². The van der Waals surface area contributed by atoms with Crippen LogP contribution in [0.15, 0.2) is 12.3 Å². The van der Waals surface area contributed by atoms with Crippen molar-refractivity contribution < 1.29 is 22.9 Å². The number of halogens is 3. The van der Waals surface area contributed by atoms with Gasteiger partial charge in [0.2, 0.25) is 5.91 Å². The van der Waals surface area contributed by atoms with Crippen molar-refractivity contribution in [3.8, 4) is 0 Å². The summed E-state index contributed by atoms with van der Waals surface area (Å²) in [4.78, 5) is 26.5. The third-order valence-corrected chi connectivity index (χ3v) is 3.27. The van der Waals surface area contributed by atoms with Crippen LogP contribution in [0, 0.1) is 17.0 Å². The lowest BCUT2D eigenvalue weighted by atomic mass is 10.2. The average Bonchev–Trinajstić information content (AvgIpc) is 2.69. The van der Waals surface area contributed by atoms with E-state index in [1.165, 1.54) is 13.0 Å². The number of hydrogen-bond acceptors (Lipinski definition) is 5. The van der Waals surface area contributed by atoms with Crippen LogP contribution in [-0.2, 0) is 4.79 Å². The van der Waals surface area contributed by atoms with Crippen LogP contribution < -0.4 is 5.32 Å². The highest BCUT2D eigenvalue weighted by Crippen LogP contribution is 2.24. The van der Waals surface area contributed by atoms with Crippen LogP contribution >= 0.6 is 0 Å². The lowest BCUT2D eigenvalue weighted by molar-refractivity contribution is -0.385. The van der Waals surface area contributed by atoms with E-state index in [0.29, 0.717) is 5.56 Å². The molecule has 1 aliphatic rings. The Balaban J connectivity index is 2.05. The summed E-state index contributed by atoms with van der Waals surface area (Å²) in [5.74, 6) is -0.439. The maximum Gasteiger partial charge on any atom is 0.406 e. The second-order valence-corrected chi connectivity index (χ2v) is 4.97. The molecule has 1 aliphatic heterocycles. The van der Waals surface area contributed by atoms with Gasteiger partial charge in [0.1, 0.15) is 24.6 Å². The second-order valence-electron chi connectivity index (χ2n) is 4.97. The number of carbonyl (C=O) groups is 1. The number of carbonyl (C=O) groups excluding carboxylic acids is 1. The van der Waals surface area contributed by atoms with E-state index in [1.54, 1.807) is 0 Å². The van der Waals surface area contributed by atoms with E-state index in [-0.39, 0.29) is 24.5 Å². The Morgan fingerprint density at radius 1 is 1.55 bits per heavy atom. The predicted molar refractivity (Wildman–Crippen MR) is 70.3 cm³/mol. The number of pyridine rings is 1. The first kappa shape index (κ1) is 16.0. The largest absolute Gasteiger partial charge is 0.406 e. The van der Waals surface area contributed by atoms with Gasteiger partial charge in [-0.25, -0.2) is 4.98 Å². The fourth-order valence-corrected chi connectivity index (χ4v) is 2.24. The molecule has 2 rings (SSSR count). The van der Waals surface area contributed by atoms with Gasteiger partial charge in [0.05, 0.1) is 4.92 Å².